The maximum absolute atomic E-state index is 4.35. The van der Waals surface area contributed by atoms with E-state index in [9.17, 15) is 0 Å². The maximum Gasteiger partial charge on any atom is 0.0874 e. The molecule has 0 saturated heterocycles. The molecule has 18 heavy (non-hydrogen) atoms. The van der Waals surface area contributed by atoms with Gasteiger partial charge in [-0.25, -0.2) is 5.01 Å². The molecule has 1 aliphatic rings. The topological polar surface area (TPSA) is 28.0 Å². The number of para-hydroxylation sites is 1. The molecule has 0 bridgehead atoms. The number of hydrogen-bond donors (Lipinski definition) is 0. The van der Waals surface area contributed by atoms with Crippen molar-refractivity contribution in [2.24, 2.45) is 10.3 Å². The van der Waals surface area contributed by atoms with Gasteiger partial charge in [0.1, 0.15) is 0 Å². The Morgan fingerprint density at radius 2 is 1.67 bits per heavy atom. The third kappa shape index (κ3) is 2.25. The second-order valence-corrected chi connectivity index (χ2v) is 4.38. The van der Waals surface area contributed by atoms with Crippen LogP contribution in [0.5, 0.6) is 0 Å². The highest BCUT2D eigenvalue weighted by molar-refractivity contribution is 5.54. The minimum atomic E-state index is 0.889. The fourth-order valence-electron chi connectivity index (χ4n) is 2.21. The molecule has 3 rings (SSSR count). The van der Waals surface area contributed by atoms with Gasteiger partial charge in [-0.15, -0.1) is 5.11 Å². The summed E-state index contributed by atoms with van der Waals surface area (Å²) in [5, 5.41) is 10.6. The van der Waals surface area contributed by atoms with Crippen LogP contribution in [0, 0.1) is 0 Å². The third-order valence-corrected chi connectivity index (χ3v) is 3.11. The zero-order valence-corrected chi connectivity index (χ0v) is 10.2. The molecule has 1 aliphatic heterocycles. The van der Waals surface area contributed by atoms with Gasteiger partial charge in [0.25, 0.3) is 0 Å². The van der Waals surface area contributed by atoms with Gasteiger partial charge in [0.15, 0.2) is 0 Å². The largest absolute Gasteiger partial charge is 0.247 e. The Kier molecular flexibility index (Phi) is 3.05. The standard InChI is InChI=1S/C15H15N3/c1-2-9-14(10-3-1)16-17-18-12-6-8-13-7-4-5-11-15(13)18/h1-5,7,9-11H,6,8,12H2. The van der Waals surface area contributed by atoms with Gasteiger partial charge in [-0.05, 0) is 36.6 Å². The van der Waals surface area contributed by atoms with Crippen LogP contribution in [0.1, 0.15) is 12.0 Å². The summed E-state index contributed by atoms with van der Waals surface area (Å²) < 4.78 is 0. The molecule has 0 aliphatic carbocycles. The van der Waals surface area contributed by atoms with E-state index in [4.69, 9.17) is 0 Å². The Morgan fingerprint density at radius 3 is 2.56 bits per heavy atom. The van der Waals surface area contributed by atoms with E-state index in [2.05, 4.69) is 34.6 Å². The normalized spacial score (nSPS) is 14.8. The highest BCUT2D eigenvalue weighted by Crippen LogP contribution is 2.27. The van der Waals surface area contributed by atoms with Gasteiger partial charge in [0.2, 0.25) is 0 Å². The number of hydrogen-bond acceptors (Lipinski definition) is 2. The first kappa shape index (κ1) is 11.0. The zero-order valence-electron chi connectivity index (χ0n) is 10.2. The van der Waals surface area contributed by atoms with Crippen molar-refractivity contribution in [3.05, 3.63) is 60.2 Å². The number of fused-ring (bicyclic) bond motifs is 1. The van der Waals surface area contributed by atoms with E-state index in [0.717, 1.165) is 25.1 Å². The summed E-state index contributed by atoms with van der Waals surface area (Å²) in [5.74, 6) is 0. The van der Waals surface area contributed by atoms with Crippen molar-refractivity contribution in [3.63, 3.8) is 0 Å². The first-order valence-electron chi connectivity index (χ1n) is 6.26. The lowest BCUT2D eigenvalue weighted by Gasteiger charge is -2.25. The molecule has 0 radical (unpaired) electrons. The molecule has 1 heterocycles. The molecule has 0 amide bonds. The Hall–Kier alpha value is -2.16. The Bertz CT molecular complexity index is 549. The second kappa shape index (κ2) is 5.00. The summed E-state index contributed by atoms with van der Waals surface area (Å²) in [6, 6.07) is 18.2. The van der Waals surface area contributed by atoms with Gasteiger partial charge in [-0.1, -0.05) is 41.6 Å². The van der Waals surface area contributed by atoms with Crippen molar-refractivity contribution in [1.82, 2.24) is 0 Å². The van der Waals surface area contributed by atoms with Gasteiger partial charge in [0.05, 0.1) is 11.4 Å². The number of benzene rings is 2. The quantitative estimate of drug-likeness (QED) is 0.721. The molecule has 0 fully saturated rings. The van der Waals surface area contributed by atoms with E-state index >= 15 is 0 Å². The molecular formula is C15H15N3. The van der Waals surface area contributed by atoms with Crippen LogP contribution < -0.4 is 5.01 Å². The predicted molar refractivity (Wildman–Crippen MR) is 73.1 cm³/mol. The SMILES string of the molecule is c1ccc(N=NN2CCCc3ccccc32)cc1. The molecule has 90 valence electrons. The number of nitrogens with zero attached hydrogens (tertiary/aromatic N) is 3. The molecule has 0 spiro atoms. The zero-order chi connectivity index (χ0) is 12.2. The monoisotopic (exact) mass is 237 g/mol. The smallest absolute Gasteiger partial charge is 0.0874 e. The molecule has 0 unspecified atom stereocenters. The minimum Gasteiger partial charge on any atom is -0.247 e. The minimum absolute atomic E-state index is 0.889. The van der Waals surface area contributed by atoms with Gasteiger partial charge in [-0.2, -0.15) is 0 Å². The van der Waals surface area contributed by atoms with Crippen LogP contribution in [0.15, 0.2) is 64.9 Å². The summed E-state index contributed by atoms with van der Waals surface area (Å²) >= 11 is 0. The van der Waals surface area contributed by atoms with E-state index in [-0.39, 0.29) is 0 Å². The van der Waals surface area contributed by atoms with Crippen LogP contribution in [0.4, 0.5) is 11.4 Å². The fraction of sp³-hybridized carbons (Fsp3) is 0.200. The lowest BCUT2D eigenvalue weighted by atomic mass is 10.0. The summed E-state index contributed by atoms with van der Waals surface area (Å²) in [4.78, 5) is 0. The van der Waals surface area contributed by atoms with Crippen molar-refractivity contribution in [3.8, 4) is 0 Å². The van der Waals surface area contributed by atoms with Crippen molar-refractivity contribution in [2.75, 3.05) is 11.6 Å². The lowest BCUT2D eigenvalue weighted by Crippen LogP contribution is -2.23. The van der Waals surface area contributed by atoms with Gasteiger partial charge < -0.3 is 0 Å². The van der Waals surface area contributed by atoms with Crippen LogP contribution in [-0.2, 0) is 6.42 Å². The molecule has 0 saturated carbocycles. The lowest BCUT2D eigenvalue weighted by molar-refractivity contribution is 0.694. The first-order valence-corrected chi connectivity index (χ1v) is 6.26. The fourth-order valence-corrected chi connectivity index (χ4v) is 2.21. The highest BCUT2D eigenvalue weighted by Gasteiger charge is 2.15. The van der Waals surface area contributed by atoms with Crippen molar-refractivity contribution in [2.45, 2.75) is 12.8 Å². The molecule has 3 nitrogen and oxygen atoms in total. The second-order valence-electron chi connectivity index (χ2n) is 4.38. The Labute approximate surface area is 107 Å². The van der Waals surface area contributed by atoms with Crippen LogP contribution >= 0.6 is 0 Å². The average molecular weight is 237 g/mol. The molecule has 2 aromatic carbocycles. The van der Waals surface area contributed by atoms with Gasteiger partial charge in [0, 0.05) is 6.54 Å². The van der Waals surface area contributed by atoms with E-state index in [1.165, 1.54) is 11.3 Å². The van der Waals surface area contributed by atoms with Crippen molar-refractivity contribution in [1.29, 1.82) is 0 Å². The van der Waals surface area contributed by atoms with Crippen LogP contribution in [-0.4, -0.2) is 6.54 Å². The van der Waals surface area contributed by atoms with Gasteiger partial charge >= 0.3 is 0 Å². The van der Waals surface area contributed by atoms with E-state index in [1.807, 2.05) is 35.3 Å². The van der Waals surface area contributed by atoms with Crippen molar-refractivity contribution >= 4 is 11.4 Å². The maximum atomic E-state index is 4.35. The molecule has 2 aromatic rings. The van der Waals surface area contributed by atoms with E-state index in [0.29, 0.717) is 0 Å². The van der Waals surface area contributed by atoms with Crippen LogP contribution in [0.2, 0.25) is 0 Å². The molecule has 3 heteroatoms. The summed E-state index contributed by atoms with van der Waals surface area (Å²) in [6.45, 7) is 0.938. The third-order valence-electron chi connectivity index (χ3n) is 3.11. The van der Waals surface area contributed by atoms with Gasteiger partial charge in [-0.3, -0.25) is 0 Å². The molecule has 0 aromatic heterocycles. The molecule has 0 N–H and O–H groups in total. The summed E-state index contributed by atoms with van der Waals surface area (Å²) in [7, 11) is 0. The van der Waals surface area contributed by atoms with Crippen LogP contribution in [0.25, 0.3) is 0 Å². The summed E-state index contributed by atoms with van der Waals surface area (Å²) in [6.07, 6.45) is 2.26. The number of rotatable bonds is 2. The molecule has 0 atom stereocenters. The van der Waals surface area contributed by atoms with E-state index in [1.54, 1.807) is 0 Å². The average Bonchev–Trinajstić information content (AvgIpc) is 2.46. The molecular weight excluding hydrogens is 222 g/mol. The van der Waals surface area contributed by atoms with Crippen molar-refractivity contribution < 1.29 is 0 Å². The Morgan fingerprint density at radius 1 is 0.889 bits per heavy atom. The first-order chi connectivity index (χ1) is 8.93. The summed E-state index contributed by atoms with van der Waals surface area (Å²) in [5.41, 5.74) is 3.43. The number of anilines is 1. The van der Waals surface area contributed by atoms with E-state index < -0.39 is 0 Å². The predicted octanol–water partition coefficient (Wildman–Crippen LogP) is 4.14. The number of aryl methyl sites for hydroxylation is 1. The Balaban J connectivity index is 1.85. The highest BCUT2D eigenvalue weighted by atomic mass is 15.5. The van der Waals surface area contributed by atoms with Crippen LogP contribution in [0.3, 0.4) is 0 Å².